The normalized spacial score (nSPS) is 10.3. The van der Waals surface area contributed by atoms with E-state index < -0.39 is 0 Å². The van der Waals surface area contributed by atoms with Crippen molar-refractivity contribution in [2.45, 2.75) is 33.2 Å². The van der Waals surface area contributed by atoms with Gasteiger partial charge in [0, 0.05) is 36.6 Å². The van der Waals surface area contributed by atoms with Crippen molar-refractivity contribution in [2.75, 3.05) is 21.3 Å². The fraction of sp³-hybridized carbons (Fsp3) is 0.364. The largest absolute Gasteiger partial charge is 0.496 e. The van der Waals surface area contributed by atoms with Gasteiger partial charge in [0.05, 0.1) is 21.3 Å². The van der Waals surface area contributed by atoms with Crippen molar-refractivity contribution in [1.82, 2.24) is 5.32 Å². The number of carbonyl (C=O) groups is 2. The number of ketones is 1. The molecule has 0 unspecified atom stereocenters. The SMILES string of the molecule is COc1cc(OC)c(OC)cc1CNC(=O)CCC(=O)c1ccc(C)c(C)c1. The van der Waals surface area contributed by atoms with E-state index in [1.807, 2.05) is 26.0 Å². The van der Waals surface area contributed by atoms with E-state index in [9.17, 15) is 9.59 Å². The van der Waals surface area contributed by atoms with E-state index in [1.54, 1.807) is 39.5 Å². The number of nitrogens with one attached hydrogen (secondary N) is 1. The third-order valence-corrected chi connectivity index (χ3v) is 4.67. The van der Waals surface area contributed by atoms with Crippen LogP contribution in [0.15, 0.2) is 30.3 Å². The predicted octanol–water partition coefficient (Wildman–Crippen LogP) is 3.61. The van der Waals surface area contributed by atoms with Gasteiger partial charge in [-0.1, -0.05) is 12.1 Å². The van der Waals surface area contributed by atoms with Gasteiger partial charge in [0.25, 0.3) is 0 Å². The maximum atomic E-state index is 12.3. The number of amides is 1. The number of hydrogen-bond donors (Lipinski definition) is 1. The molecular weight excluding hydrogens is 358 g/mol. The Bertz CT molecular complexity index is 860. The Balaban J connectivity index is 1.95. The van der Waals surface area contributed by atoms with E-state index in [-0.39, 0.29) is 31.1 Å². The van der Waals surface area contributed by atoms with E-state index in [2.05, 4.69) is 5.32 Å². The zero-order valence-electron chi connectivity index (χ0n) is 17.0. The average Bonchev–Trinajstić information content (AvgIpc) is 2.71. The van der Waals surface area contributed by atoms with Crippen molar-refractivity contribution in [3.63, 3.8) is 0 Å². The molecule has 2 aromatic carbocycles. The van der Waals surface area contributed by atoms with Crippen LogP contribution in [0, 0.1) is 13.8 Å². The highest BCUT2D eigenvalue weighted by atomic mass is 16.5. The first-order chi connectivity index (χ1) is 13.4. The van der Waals surface area contributed by atoms with E-state index in [1.165, 1.54) is 0 Å². The van der Waals surface area contributed by atoms with Gasteiger partial charge in [-0.3, -0.25) is 9.59 Å². The molecule has 150 valence electrons. The van der Waals surface area contributed by atoms with E-state index in [4.69, 9.17) is 14.2 Å². The minimum Gasteiger partial charge on any atom is -0.496 e. The van der Waals surface area contributed by atoms with Crippen molar-refractivity contribution >= 4 is 11.7 Å². The summed E-state index contributed by atoms with van der Waals surface area (Å²) in [6.07, 6.45) is 0.290. The molecule has 0 aliphatic carbocycles. The molecule has 1 N–H and O–H groups in total. The van der Waals surface area contributed by atoms with Crippen LogP contribution < -0.4 is 19.5 Å². The molecule has 0 aliphatic heterocycles. The van der Waals surface area contributed by atoms with Crippen molar-refractivity contribution in [3.05, 3.63) is 52.6 Å². The first-order valence-electron chi connectivity index (χ1n) is 9.05. The Labute approximate surface area is 165 Å². The Morgan fingerprint density at radius 3 is 2.07 bits per heavy atom. The van der Waals surface area contributed by atoms with Gasteiger partial charge in [0.2, 0.25) is 5.91 Å². The molecule has 1 amide bonds. The molecule has 0 radical (unpaired) electrons. The van der Waals surface area contributed by atoms with Gasteiger partial charge >= 0.3 is 0 Å². The molecular formula is C22H27NO5. The molecule has 0 atom stereocenters. The Hall–Kier alpha value is -3.02. The second-order valence-corrected chi connectivity index (χ2v) is 6.52. The summed E-state index contributed by atoms with van der Waals surface area (Å²) < 4.78 is 15.9. The summed E-state index contributed by atoms with van der Waals surface area (Å²) in [6, 6.07) is 9.06. The minimum atomic E-state index is -0.200. The summed E-state index contributed by atoms with van der Waals surface area (Å²) >= 11 is 0. The maximum Gasteiger partial charge on any atom is 0.220 e. The van der Waals surface area contributed by atoms with Crippen LogP contribution in [0.2, 0.25) is 0 Å². The predicted molar refractivity (Wildman–Crippen MR) is 107 cm³/mol. The number of methoxy groups -OCH3 is 3. The molecule has 0 aliphatic rings. The molecule has 6 nitrogen and oxygen atoms in total. The highest BCUT2D eigenvalue weighted by molar-refractivity contribution is 5.98. The summed E-state index contributed by atoms with van der Waals surface area (Å²) in [6.45, 7) is 4.23. The van der Waals surface area contributed by atoms with Crippen molar-refractivity contribution in [1.29, 1.82) is 0 Å². The summed E-state index contributed by atoms with van der Waals surface area (Å²) in [5.41, 5.74) is 3.60. The molecule has 0 fully saturated rings. The van der Waals surface area contributed by atoms with Crippen molar-refractivity contribution in [2.24, 2.45) is 0 Å². The number of Topliss-reactive ketones (excluding diaryl/α,β-unsaturated/α-hetero) is 1. The molecule has 0 saturated carbocycles. The monoisotopic (exact) mass is 385 g/mol. The van der Waals surface area contributed by atoms with Crippen LogP contribution in [0.1, 0.15) is 39.9 Å². The summed E-state index contributed by atoms with van der Waals surface area (Å²) in [5, 5.41) is 2.82. The minimum absolute atomic E-state index is 0.0399. The number of hydrogen-bond acceptors (Lipinski definition) is 5. The van der Waals surface area contributed by atoms with Gasteiger partial charge < -0.3 is 19.5 Å². The molecule has 0 spiro atoms. The zero-order chi connectivity index (χ0) is 20.7. The molecule has 2 aromatic rings. The van der Waals surface area contributed by atoms with Crippen molar-refractivity contribution in [3.8, 4) is 17.2 Å². The van der Waals surface area contributed by atoms with Crippen LogP contribution in [0.25, 0.3) is 0 Å². The standard InChI is InChI=1S/C22H27NO5/c1-14-6-7-16(10-15(14)2)18(24)8-9-22(25)23-13-17-11-20(27-4)21(28-5)12-19(17)26-3/h6-7,10-12H,8-9,13H2,1-5H3,(H,23,25). The van der Waals surface area contributed by atoms with Crippen LogP contribution >= 0.6 is 0 Å². The van der Waals surface area contributed by atoms with Crippen molar-refractivity contribution < 1.29 is 23.8 Å². The van der Waals surface area contributed by atoms with Crippen LogP contribution in [-0.2, 0) is 11.3 Å². The number of carbonyl (C=O) groups excluding carboxylic acids is 2. The third kappa shape index (κ3) is 5.25. The Morgan fingerprint density at radius 1 is 0.821 bits per heavy atom. The summed E-state index contributed by atoms with van der Waals surface area (Å²) in [5.74, 6) is 1.45. The second kappa shape index (κ2) is 9.78. The Morgan fingerprint density at radius 2 is 1.46 bits per heavy atom. The molecule has 6 heteroatoms. The maximum absolute atomic E-state index is 12.3. The Kier molecular flexibility index (Phi) is 7.44. The highest BCUT2D eigenvalue weighted by Crippen LogP contribution is 2.34. The van der Waals surface area contributed by atoms with Crippen LogP contribution in [0.5, 0.6) is 17.2 Å². The number of ether oxygens (including phenoxy) is 3. The fourth-order valence-corrected chi connectivity index (χ4v) is 2.80. The lowest BCUT2D eigenvalue weighted by molar-refractivity contribution is -0.121. The summed E-state index contributed by atoms with van der Waals surface area (Å²) in [4.78, 5) is 24.5. The second-order valence-electron chi connectivity index (χ2n) is 6.52. The highest BCUT2D eigenvalue weighted by Gasteiger charge is 2.14. The molecule has 0 heterocycles. The van der Waals surface area contributed by atoms with Gasteiger partial charge in [-0.15, -0.1) is 0 Å². The van der Waals surface area contributed by atoms with Gasteiger partial charge in [0.15, 0.2) is 17.3 Å². The number of benzene rings is 2. The van der Waals surface area contributed by atoms with Crippen LogP contribution in [0.3, 0.4) is 0 Å². The molecule has 0 bridgehead atoms. The molecule has 0 aromatic heterocycles. The average molecular weight is 385 g/mol. The van der Waals surface area contributed by atoms with Gasteiger partial charge in [-0.2, -0.15) is 0 Å². The first kappa shape index (κ1) is 21.3. The third-order valence-electron chi connectivity index (χ3n) is 4.67. The lowest BCUT2D eigenvalue weighted by atomic mass is 10.0. The van der Waals surface area contributed by atoms with E-state index in [0.29, 0.717) is 22.8 Å². The molecule has 28 heavy (non-hydrogen) atoms. The zero-order valence-corrected chi connectivity index (χ0v) is 17.0. The topological polar surface area (TPSA) is 73.9 Å². The summed E-state index contributed by atoms with van der Waals surface area (Å²) in [7, 11) is 4.64. The quantitative estimate of drug-likeness (QED) is 0.668. The van der Waals surface area contributed by atoms with Gasteiger partial charge in [-0.25, -0.2) is 0 Å². The van der Waals surface area contributed by atoms with Gasteiger partial charge in [0.1, 0.15) is 5.75 Å². The van der Waals surface area contributed by atoms with Gasteiger partial charge in [-0.05, 0) is 37.1 Å². The lowest BCUT2D eigenvalue weighted by Gasteiger charge is -2.14. The van der Waals surface area contributed by atoms with Crippen LogP contribution in [-0.4, -0.2) is 33.0 Å². The molecule has 2 rings (SSSR count). The fourth-order valence-electron chi connectivity index (χ4n) is 2.80. The van der Waals surface area contributed by atoms with E-state index in [0.717, 1.165) is 16.7 Å². The van der Waals surface area contributed by atoms with E-state index >= 15 is 0 Å². The molecule has 0 saturated heterocycles. The smallest absolute Gasteiger partial charge is 0.220 e. The number of rotatable bonds is 9. The first-order valence-corrected chi connectivity index (χ1v) is 9.05. The van der Waals surface area contributed by atoms with Crippen LogP contribution in [0.4, 0.5) is 0 Å². The number of aryl methyl sites for hydroxylation is 2. The lowest BCUT2D eigenvalue weighted by Crippen LogP contribution is -2.23.